The Hall–Kier alpha value is -6.12. The third-order valence-corrected chi connectivity index (χ3v) is 19.6. The topological polar surface area (TPSA) is 58.1 Å². The lowest BCUT2D eigenvalue weighted by atomic mass is 9.57. The molecule has 80 heavy (non-hydrogen) atoms. The maximum atomic E-state index is 6.92. The van der Waals surface area contributed by atoms with Crippen LogP contribution < -0.4 is 4.57 Å². The van der Waals surface area contributed by atoms with Gasteiger partial charge in [0.25, 0.3) is 5.65 Å². The van der Waals surface area contributed by atoms with E-state index in [1.54, 1.807) is 7.11 Å². The normalized spacial score (nSPS) is 19.1. The number of aromatic nitrogens is 3. The fourth-order valence-corrected chi connectivity index (χ4v) is 14.2. The fourth-order valence-electron chi connectivity index (χ4n) is 14.2. The highest BCUT2D eigenvalue weighted by Crippen LogP contribution is 2.55. The molecule has 3 aliphatic rings. The lowest BCUT2D eigenvalue weighted by molar-refractivity contribution is -0.729. The number of ether oxygens (including phenoxy) is 4. The van der Waals surface area contributed by atoms with Crippen LogP contribution in [0, 0.1) is 26.2 Å². The molecule has 418 valence electrons. The van der Waals surface area contributed by atoms with Crippen LogP contribution in [0.15, 0.2) is 121 Å². The van der Waals surface area contributed by atoms with Crippen LogP contribution in [0.5, 0.6) is 0 Å². The fraction of sp³-hybridized carbons (Fsp3) is 0.452. The van der Waals surface area contributed by atoms with Gasteiger partial charge >= 0.3 is 0 Å². The molecule has 0 saturated carbocycles. The molecule has 0 amide bonds. The largest absolute Gasteiger partial charge is 0.498 e. The summed E-state index contributed by atoms with van der Waals surface area (Å²) in [4.78, 5) is 5.94. The summed E-state index contributed by atoms with van der Waals surface area (Å²) in [7, 11) is 1.81. The predicted octanol–water partition coefficient (Wildman–Crippen LogP) is 17.1. The minimum atomic E-state index is -0.240. The van der Waals surface area contributed by atoms with E-state index in [2.05, 4.69) is 201 Å². The minimum Gasteiger partial charge on any atom is -0.498 e. The van der Waals surface area contributed by atoms with Gasteiger partial charge in [-0.1, -0.05) is 139 Å². The monoisotopic (exact) mass is 1070 g/mol. The number of methoxy groups -OCH3 is 1. The molecule has 1 saturated heterocycles. The van der Waals surface area contributed by atoms with Crippen molar-refractivity contribution in [2.24, 2.45) is 5.41 Å². The summed E-state index contributed by atoms with van der Waals surface area (Å²) in [6, 6.07) is 41.8. The zero-order valence-electron chi connectivity index (χ0n) is 50.6. The number of hydrogen-bond acceptors (Lipinski definition) is 5. The van der Waals surface area contributed by atoms with Gasteiger partial charge in [0.1, 0.15) is 5.54 Å². The number of fused-ring (bicyclic) bond motifs is 2. The number of rotatable bonds is 21. The third kappa shape index (κ3) is 9.81. The van der Waals surface area contributed by atoms with Crippen LogP contribution in [0.1, 0.15) is 157 Å². The standard InChI is InChI=1S/C73H88N3O4/c1-14-17-20-52-21-18-22-58(38-52)59-35-48(5)66(49(6)36-59)68-74-63-42-60(70(9,10)11)41-62-67(63)69-75(68)64-37-47(4)57-31-33-71(12,76(69)65(64)40-57)73(62,16-3)32-19-34-80-51(8)61(50(7)77-13)39-53-23-27-55(28-24-53)56-29-25-54(26-30-56)43-78-44-72(15-2)45-79-46-72/h18,21-30,35-38,40-42,50H,14-17,19-20,31-34,39,43-46H2,1-13H3/q+1. The molecule has 3 unspecified atom stereocenters. The molecule has 5 heterocycles. The van der Waals surface area contributed by atoms with Gasteiger partial charge in [-0.05, 0) is 201 Å². The van der Waals surface area contributed by atoms with Crippen molar-refractivity contribution < 1.29 is 23.5 Å². The highest BCUT2D eigenvalue weighted by molar-refractivity contribution is 6.00. The average molecular weight is 1070 g/mol. The highest BCUT2D eigenvalue weighted by atomic mass is 16.5. The first-order chi connectivity index (χ1) is 38.4. The molecule has 2 bridgehead atoms. The van der Waals surface area contributed by atoms with Gasteiger partial charge in [0.2, 0.25) is 5.82 Å². The van der Waals surface area contributed by atoms with Gasteiger partial charge in [-0.3, -0.25) is 0 Å². The van der Waals surface area contributed by atoms with Crippen LogP contribution in [-0.2, 0) is 61.2 Å². The van der Waals surface area contributed by atoms with Crippen LogP contribution in [0.25, 0.3) is 61.2 Å². The van der Waals surface area contributed by atoms with E-state index >= 15 is 0 Å². The van der Waals surface area contributed by atoms with Crippen LogP contribution in [-0.4, -0.2) is 49.0 Å². The predicted molar refractivity (Wildman–Crippen MR) is 330 cm³/mol. The second kappa shape index (κ2) is 22.0. The van der Waals surface area contributed by atoms with Gasteiger partial charge in [0.15, 0.2) is 11.0 Å². The van der Waals surface area contributed by atoms with Crippen LogP contribution in [0.4, 0.5) is 0 Å². The molecule has 0 aliphatic carbocycles. The first-order valence-corrected chi connectivity index (χ1v) is 30.2. The van der Waals surface area contributed by atoms with Crippen molar-refractivity contribution in [1.82, 2.24) is 9.38 Å². The van der Waals surface area contributed by atoms with Crippen LogP contribution in [0.3, 0.4) is 0 Å². The van der Waals surface area contributed by atoms with E-state index in [4.69, 9.17) is 23.9 Å². The average Bonchev–Trinajstić information content (AvgIpc) is 2.70. The van der Waals surface area contributed by atoms with Crippen molar-refractivity contribution in [2.75, 3.05) is 33.5 Å². The number of imidazole rings is 1. The van der Waals surface area contributed by atoms with E-state index in [-0.39, 0.29) is 27.9 Å². The van der Waals surface area contributed by atoms with Crippen molar-refractivity contribution in [1.29, 1.82) is 0 Å². The Morgan fingerprint density at radius 1 is 0.787 bits per heavy atom. The molecule has 7 heteroatoms. The molecule has 6 aromatic carbocycles. The van der Waals surface area contributed by atoms with Gasteiger partial charge in [-0.2, -0.15) is 4.40 Å². The summed E-state index contributed by atoms with van der Waals surface area (Å²) in [6.45, 7) is 31.5. The van der Waals surface area contributed by atoms with Gasteiger partial charge in [-0.15, -0.1) is 0 Å². The molecule has 3 aliphatic heterocycles. The summed E-state index contributed by atoms with van der Waals surface area (Å²) >= 11 is 0. The van der Waals surface area contributed by atoms with E-state index in [0.717, 1.165) is 88.3 Å². The molecule has 3 atom stereocenters. The van der Waals surface area contributed by atoms with E-state index in [1.165, 1.54) is 118 Å². The molecule has 7 nitrogen and oxygen atoms in total. The third-order valence-electron chi connectivity index (χ3n) is 19.6. The summed E-state index contributed by atoms with van der Waals surface area (Å²) in [5, 5.41) is 1.30. The molecule has 0 N–H and O–H groups in total. The Morgan fingerprint density at radius 2 is 1.50 bits per heavy atom. The molecule has 11 rings (SSSR count). The van der Waals surface area contributed by atoms with Gasteiger partial charge in [0, 0.05) is 23.5 Å². The molecule has 8 aromatic rings. The first-order valence-electron chi connectivity index (χ1n) is 30.2. The summed E-state index contributed by atoms with van der Waals surface area (Å²) in [5.41, 5.74) is 23.9. The van der Waals surface area contributed by atoms with Crippen molar-refractivity contribution in [3.8, 4) is 33.6 Å². The number of nitrogens with zero attached hydrogens (tertiary/aromatic N) is 3. The van der Waals surface area contributed by atoms with E-state index in [9.17, 15) is 0 Å². The SMILES string of the molecule is CCCCc1cccc(-c2cc(C)c(-c3nc4cc(C(C)(C)C)cc5c4c4n3c3cc(C)c6cc3[n+]4C(C)(CC6)C5(CC)CCCOC(C)=C(Cc3ccc(-c4ccc(COCC5(CC)COC5)cc4)cc3)C(C)OC)c(C)c2)c1. The Labute approximate surface area is 477 Å². The van der Waals surface area contributed by atoms with Gasteiger partial charge in [-0.25, -0.2) is 9.55 Å². The first kappa shape index (κ1) is 55.8. The lowest BCUT2D eigenvalue weighted by Crippen LogP contribution is -2.67. The quantitative estimate of drug-likeness (QED) is 0.0408. The van der Waals surface area contributed by atoms with E-state index < -0.39 is 0 Å². The summed E-state index contributed by atoms with van der Waals surface area (Å²) in [6.07, 6.45) is 10.2. The number of hydrogen-bond donors (Lipinski definition) is 0. The zero-order valence-corrected chi connectivity index (χ0v) is 50.6. The number of allylic oxidation sites excluding steroid dienone is 1. The Kier molecular flexibility index (Phi) is 15.3. The number of unbranched alkanes of at least 4 members (excludes halogenated alkanes) is 1. The van der Waals surface area contributed by atoms with Crippen LogP contribution in [0.2, 0.25) is 0 Å². The maximum Gasteiger partial charge on any atom is 0.299 e. The minimum absolute atomic E-state index is 0.0852. The van der Waals surface area contributed by atoms with Crippen molar-refractivity contribution in [2.45, 2.75) is 176 Å². The summed E-state index contributed by atoms with van der Waals surface area (Å²) < 4.78 is 30.0. The van der Waals surface area contributed by atoms with Crippen molar-refractivity contribution in [3.63, 3.8) is 0 Å². The molecule has 0 spiro atoms. The van der Waals surface area contributed by atoms with Crippen LogP contribution >= 0.6 is 0 Å². The molecular formula is C73H88N3O4+. The Morgan fingerprint density at radius 3 is 2.14 bits per heavy atom. The molecule has 2 aromatic heterocycles. The number of aryl methyl sites for hydroxylation is 5. The smallest absolute Gasteiger partial charge is 0.299 e. The van der Waals surface area contributed by atoms with Gasteiger partial charge in [0.05, 0.1) is 55.8 Å². The second-order valence-corrected chi connectivity index (χ2v) is 25.7. The number of benzene rings is 6. The summed E-state index contributed by atoms with van der Waals surface area (Å²) in [5.74, 6) is 1.99. The Balaban J connectivity index is 0.911. The molecule has 1 fully saturated rings. The second-order valence-electron chi connectivity index (χ2n) is 25.7. The lowest BCUT2D eigenvalue weighted by Gasteiger charge is -2.49. The van der Waals surface area contributed by atoms with Crippen molar-refractivity contribution in [3.05, 3.63) is 171 Å². The Bertz CT molecular complexity index is 3620. The van der Waals surface area contributed by atoms with Crippen molar-refractivity contribution >= 4 is 27.6 Å². The maximum absolute atomic E-state index is 6.92. The van der Waals surface area contributed by atoms with Gasteiger partial charge < -0.3 is 18.9 Å². The highest BCUT2D eigenvalue weighted by Gasteiger charge is 2.59. The zero-order chi connectivity index (χ0) is 56.3. The molecular weight excluding hydrogens is 983 g/mol. The van der Waals surface area contributed by atoms with E-state index in [1.807, 2.05) is 0 Å². The molecule has 0 radical (unpaired) electrons. The van der Waals surface area contributed by atoms with E-state index in [0.29, 0.717) is 13.2 Å².